The molecule has 2 aromatic carbocycles. The molecule has 5 rings (SSSR count). The lowest BCUT2D eigenvalue weighted by Crippen LogP contribution is -2.49. The number of nitrogens with zero attached hydrogens (tertiary/aromatic N) is 2. The highest BCUT2D eigenvalue weighted by molar-refractivity contribution is 6.30. The van der Waals surface area contributed by atoms with Crippen LogP contribution in [0.1, 0.15) is 39.5 Å². The van der Waals surface area contributed by atoms with E-state index in [1.165, 1.54) is 0 Å². The number of amides is 1. The number of carbonyl (C=O) groups is 1. The number of likely N-dealkylation sites (tertiary alicyclic amines) is 1. The summed E-state index contributed by atoms with van der Waals surface area (Å²) in [5.41, 5.74) is 3.77. The smallest absolute Gasteiger partial charge is 0.253 e. The molecule has 5 nitrogen and oxygen atoms in total. The summed E-state index contributed by atoms with van der Waals surface area (Å²) in [5.74, 6) is 1.15. The third-order valence-corrected chi connectivity index (χ3v) is 6.82. The van der Waals surface area contributed by atoms with Gasteiger partial charge < -0.3 is 14.2 Å². The average Bonchev–Trinajstić information content (AvgIpc) is 2.84. The third kappa shape index (κ3) is 4.33. The van der Waals surface area contributed by atoms with Crippen molar-refractivity contribution >= 4 is 29.7 Å². The quantitative estimate of drug-likeness (QED) is 0.554. The second kappa shape index (κ2) is 8.91. The fourth-order valence-corrected chi connectivity index (χ4v) is 5.16. The van der Waals surface area contributed by atoms with Gasteiger partial charge in [-0.25, -0.2) is 0 Å². The maximum atomic E-state index is 13.2. The summed E-state index contributed by atoms with van der Waals surface area (Å²) in [4.78, 5) is 27.9. The van der Waals surface area contributed by atoms with Gasteiger partial charge in [-0.3, -0.25) is 9.59 Å². The van der Waals surface area contributed by atoms with Gasteiger partial charge in [-0.1, -0.05) is 35.9 Å². The molecule has 1 fully saturated rings. The molecular formula is C27H25ClN2O3. The second-order valence-electron chi connectivity index (χ2n) is 8.74. The van der Waals surface area contributed by atoms with Crippen LogP contribution in [0.25, 0.3) is 12.2 Å². The number of methoxy groups -OCH3 is 1. The van der Waals surface area contributed by atoms with Crippen molar-refractivity contribution in [3.63, 3.8) is 0 Å². The Morgan fingerprint density at radius 2 is 1.73 bits per heavy atom. The fourth-order valence-electron chi connectivity index (χ4n) is 5.03. The summed E-state index contributed by atoms with van der Waals surface area (Å²) in [5, 5.41) is 0.700. The molecule has 168 valence electrons. The molecule has 33 heavy (non-hydrogen) atoms. The van der Waals surface area contributed by atoms with Crippen LogP contribution in [0.3, 0.4) is 0 Å². The number of aromatic nitrogens is 1. The summed E-state index contributed by atoms with van der Waals surface area (Å²) in [7, 11) is 1.61. The molecule has 2 aliphatic rings. The van der Waals surface area contributed by atoms with Gasteiger partial charge in [0.2, 0.25) is 0 Å². The van der Waals surface area contributed by atoms with E-state index in [-0.39, 0.29) is 23.3 Å². The molecule has 1 saturated heterocycles. The first-order valence-corrected chi connectivity index (χ1v) is 11.5. The highest BCUT2D eigenvalue weighted by atomic mass is 35.5. The molecular weight excluding hydrogens is 436 g/mol. The zero-order valence-electron chi connectivity index (χ0n) is 18.4. The van der Waals surface area contributed by atoms with Crippen molar-refractivity contribution in [2.45, 2.75) is 18.9 Å². The SMILES string of the molecule is COc1ccc(C(=O)N2CC3CC(C2)c2c(C=Cc4ccc(Cl)cc4)ccc(=O)n2C3)cc1. The highest BCUT2D eigenvalue weighted by Crippen LogP contribution is 2.37. The zero-order valence-corrected chi connectivity index (χ0v) is 19.2. The molecule has 2 atom stereocenters. The number of fused-ring (bicyclic) bond motifs is 4. The van der Waals surface area contributed by atoms with Crippen LogP contribution in [-0.2, 0) is 6.54 Å². The van der Waals surface area contributed by atoms with Crippen molar-refractivity contribution in [2.24, 2.45) is 5.92 Å². The number of hydrogen-bond donors (Lipinski definition) is 0. The number of carbonyl (C=O) groups excluding carboxylic acids is 1. The molecule has 6 heteroatoms. The monoisotopic (exact) mass is 460 g/mol. The predicted molar refractivity (Wildman–Crippen MR) is 131 cm³/mol. The molecule has 1 aromatic heterocycles. The molecule has 0 saturated carbocycles. The molecule has 0 spiro atoms. The van der Waals surface area contributed by atoms with Gasteiger partial charge in [-0.2, -0.15) is 0 Å². The van der Waals surface area contributed by atoms with Crippen LogP contribution >= 0.6 is 11.6 Å². The Labute approximate surface area is 197 Å². The number of hydrogen-bond acceptors (Lipinski definition) is 3. The van der Waals surface area contributed by atoms with Crippen molar-refractivity contribution in [2.75, 3.05) is 20.2 Å². The first kappa shape index (κ1) is 21.5. The molecule has 0 radical (unpaired) electrons. The van der Waals surface area contributed by atoms with Gasteiger partial charge in [-0.15, -0.1) is 0 Å². The van der Waals surface area contributed by atoms with Crippen molar-refractivity contribution < 1.29 is 9.53 Å². The van der Waals surface area contributed by atoms with Crippen LogP contribution in [0.5, 0.6) is 5.75 Å². The van der Waals surface area contributed by atoms with E-state index >= 15 is 0 Å². The second-order valence-corrected chi connectivity index (χ2v) is 9.18. The summed E-state index contributed by atoms with van der Waals surface area (Å²) in [6, 6.07) is 18.4. The zero-order chi connectivity index (χ0) is 22.9. The third-order valence-electron chi connectivity index (χ3n) is 6.57. The van der Waals surface area contributed by atoms with Gasteiger partial charge in [0.25, 0.3) is 11.5 Å². The van der Waals surface area contributed by atoms with Gasteiger partial charge in [0.15, 0.2) is 0 Å². The number of benzene rings is 2. The summed E-state index contributed by atoms with van der Waals surface area (Å²) >= 11 is 6.00. The Hall–Kier alpha value is -3.31. The van der Waals surface area contributed by atoms with Crippen LogP contribution in [0, 0.1) is 5.92 Å². The van der Waals surface area contributed by atoms with Crippen LogP contribution in [0.4, 0.5) is 0 Å². The van der Waals surface area contributed by atoms with Crippen LogP contribution in [0.15, 0.2) is 65.5 Å². The molecule has 1 amide bonds. The largest absolute Gasteiger partial charge is 0.497 e. The summed E-state index contributed by atoms with van der Waals surface area (Å²) < 4.78 is 7.12. The van der Waals surface area contributed by atoms with Gasteiger partial charge >= 0.3 is 0 Å². The minimum atomic E-state index is 0.0253. The van der Waals surface area contributed by atoms with Crippen LogP contribution < -0.4 is 10.3 Å². The minimum absolute atomic E-state index is 0.0253. The minimum Gasteiger partial charge on any atom is -0.497 e. The number of rotatable bonds is 4. The molecule has 3 heterocycles. The number of halogens is 1. The first-order valence-electron chi connectivity index (χ1n) is 11.1. The molecule has 0 N–H and O–H groups in total. The van der Waals surface area contributed by atoms with E-state index in [4.69, 9.17) is 16.3 Å². The van der Waals surface area contributed by atoms with Crippen LogP contribution in [0.2, 0.25) is 5.02 Å². The topological polar surface area (TPSA) is 51.5 Å². The molecule has 3 aromatic rings. The van der Waals surface area contributed by atoms with E-state index in [9.17, 15) is 9.59 Å². The number of piperidine rings is 1. The van der Waals surface area contributed by atoms with Gasteiger partial charge in [-0.05, 0) is 65.9 Å². The molecule has 2 aliphatic heterocycles. The maximum absolute atomic E-state index is 13.2. The fraction of sp³-hybridized carbons (Fsp3) is 0.259. The van der Waals surface area contributed by atoms with Crippen molar-refractivity contribution in [3.8, 4) is 5.75 Å². The van der Waals surface area contributed by atoms with Gasteiger partial charge in [0.1, 0.15) is 5.75 Å². The number of ether oxygens (including phenoxy) is 1. The van der Waals surface area contributed by atoms with E-state index in [0.29, 0.717) is 30.2 Å². The first-order chi connectivity index (χ1) is 16.0. The van der Waals surface area contributed by atoms with Gasteiger partial charge in [0, 0.05) is 47.9 Å². The Bertz CT molecular complexity index is 1260. The van der Waals surface area contributed by atoms with E-state index in [2.05, 4.69) is 6.08 Å². The van der Waals surface area contributed by atoms with E-state index in [1.54, 1.807) is 13.2 Å². The van der Waals surface area contributed by atoms with Crippen molar-refractivity contribution in [1.82, 2.24) is 9.47 Å². The Kier molecular flexibility index (Phi) is 5.81. The van der Waals surface area contributed by atoms with E-state index in [1.807, 2.05) is 70.1 Å². The standard InChI is InChI=1S/C27H25ClN2O3/c1-33-24-11-6-21(7-12-24)27(32)29-15-19-14-22(17-29)26-20(8-13-25(31)30(26)16-19)5-2-18-3-9-23(28)10-4-18/h2-13,19,22H,14-17H2,1H3. The average molecular weight is 461 g/mol. The Balaban J connectivity index is 1.44. The Morgan fingerprint density at radius 3 is 2.45 bits per heavy atom. The molecule has 2 unspecified atom stereocenters. The van der Waals surface area contributed by atoms with Crippen LogP contribution in [-0.4, -0.2) is 35.6 Å². The van der Waals surface area contributed by atoms with Crippen molar-refractivity contribution in [1.29, 1.82) is 0 Å². The normalized spacial score (nSPS) is 19.4. The van der Waals surface area contributed by atoms with E-state index in [0.717, 1.165) is 29.0 Å². The molecule has 0 aliphatic carbocycles. The maximum Gasteiger partial charge on any atom is 0.253 e. The lowest BCUT2D eigenvalue weighted by molar-refractivity contribution is 0.0594. The number of pyridine rings is 1. The summed E-state index contributed by atoms with van der Waals surface area (Å²) in [6.07, 6.45) is 5.07. The molecule has 2 bridgehead atoms. The summed E-state index contributed by atoms with van der Waals surface area (Å²) in [6.45, 7) is 1.91. The predicted octanol–water partition coefficient (Wildman–Crippen LogP) is 4.94. The van der Waals surface area contributed by atoms with Gasteiger partial charge in [0.05, 0.1) is 7.11 Å². The lowest BCUT2D eigenvalue weighted by atomic mass is 9.81. The van der Waals surface area contributed by atoms with E-state index < -0.39 is 0 Å². The Morgan fingerprint density at radius 1 is 0.970 bits per heavy atom. The lowest BCUT2D eigenvalue weighted by Gasteiger charge is -2.43. The highest BCUT2D eigenvalue weighted by Gasteiger charge is 2.37. The van der Waals surface area contributed by atoms with Crippen molar-refractivity contribution in [3.05, 3.63) is 98.4 Å².